The predicted molar refractivity (Wildman–Crippen MR) is 131 cm³/mol. The van der Waals surface area contributed by atoms with Gasteiger partial charge in [-0.05, 0) is 43.2 Å². The molecule has 2 aromatic carbocycles. The van der Waals surface area contributed by atoms with E-state index in [0.717, 1.165) is 41.5 Å². The number of nitrogens with one attached hydrogen (secondary N) is 1. The molecule has 0 unspecified atom stereocenters. The lowest BCUT2D eigenvalue weighted by atomic mass is 10.2. The summed E-state index contributed by atoms with van der Waals surface area (Å²) in [6, 6.07) is 14.3. The molecule has 0 saturated carbocycles. The van der Waals surface area contributed by atoms with Gasteiger partial charge >= 0.3 is 0 Å². The van der Waals surface area contributed by atoms with Crippen LogP contribution in [0.3, 0.4) is 0 Å². The summed E-state index contributed by atoms with van der Waals surface area (Å²) in [7, 11) is -2.14. The lowest BCUT2D eigenvalue weighted by Gasteiger charge is -2.21. The third-order valence-electron chi connectivity index (χ3n) is 5.62. The zero-order valence-corrected chi connectivity index (χ0v) is 20.1. The van der Waals surface area contributed by atoms with Gasteiger partial charge < -0.3 is 10.1 Å². The van der Waals surface area contributed by atoms with E-state index in [-0.39, 0.29) is 16.6 Å². The maximum Gasteiger partial charge on any atom is 0.243 e. The fourth-order valence-corrected chi connectivity index (χ4v) is 6.29. The van der Waals surface area contributed by atoms with Crippen LogP contribution < -0.4 is 10.1 Å². The third kappa shape index (κ3) is 5.48. The van der Waals surface area contributed by atoms with Crippen molar-refractivity contribution in [2.45, 2.75) is 35.5 Å². The summed E-state index contributed by atoms with van der Waals surface area (Å²) in [6.07, 6.45) is 5.53. The van der Waals surface area contributed by atoms with Crippen LogP contribution in [-0.2, 0) is 14.8 Å². The van der Waals surface area contributed by atoms with E-state index in [1.54, 1.807) is 12.3 Å². The van der Waals surface area contributed by atoms with Crippen LogP contribution in [0.1, 0.15) is 25.7 Å². The second-order valence-electron chi connectivity index (χ2n) is 7.84. The number of para-hydroxylation sites is 1. The second kappa shape index (κ2) is 10.5. The van der Waals surface area contributed by atoms with Gasteiger partial charge in [-0.3, -0.25) is 9.78 Å². The molecule has 1 N–H and O–H groups in total. The predicted octanol–water partition coefficient (Wildman–Crippen LogP) is 4.54. The number of sulfonamides is 1. The summed E-state index contributed by atoms with van der Waals surface area (Å²) in [6.45, 7) is 1.04. The Bertz CT molecular complexity index is 1230. The van der Waals surface area contributed by atoms with Crippen molar-refractivity contribution >= 4 is 44.3 Å². The molecule has 0 spiro atoms. The summed E-state index contributed by atoms with van der Waals surface area (Å²) >= 11 is 1.41. The molecule has 0 atom stereocenters. The molecule has 3 aromatic rings. The Balaban J connectivity index is 1.50. The average Bonchev–Trinajstić information content (AvgIpc) is 3.13. The molecule has 1 fully saturated rings. The summed E-state index contributed by atoms with van der Waals surface area (Å²) in [5.74, 6) is 0.335. The number of anilines is 1. The Morgan fingerprint density at radius 3 is 2.61 bits per heavy atom. The number of thioether (sulfide) groups is 1. The fraction of sp³-hybridized carbons (Fsp3) is 0.333. The van der Waals surface area contributed by atoms with Crippen molar-refractivity contribution in [2.75, 3.05) is 31.3 Å². The maximum absolute atomic E-state index is 13.2. The van der Waals surface area contributed by atoms with Crippen molar-refractivity contribution in [3.8, 4) is 5.75 Å². The minimum Gasteiger partial charge on any atom is -0.495 e. The fourth-order valence-electron chi connectivity index (χ4n) is 3.90. The topological polar surface area (TPSA) is 88.6 Å². The van der Waals surface area contributed by atoms with E-state index < -0.39 is 10.0 Å². The lowest BCUT2D eigenvalue weighted by Crippen LogP contribution is -2.32. The highest BCUT2D eigenvalue weighted by Gasteiger charge is 2.26. The summed E-state index contributed by atoms with van der Waals surface area (Å²) in [4.78, 5) is 18.2. The highest BCUT2D eigenvalue weighted by atomic mass is 32.2. The minimum absolute atomic E-state index is 0.160. The number of hydrogen-bond donors (Lipinski definition) is 1. The Morgan fingerprint density at radius 2 is 1.85 bits per heavy atom. The molecule has 9 heteroatoms. The number of aromatic nitrogens is 1. The minimum atomic E-state index is -3.63. The van der Waals surface area contributed by atoms with Crippen LogP contribution in [0, 0.1) is 0 Å². The molecule has 0 aliphatic carbocycles. The lowest BCUT2D eigenvalue weighted by molar-refractivity contribution is -0.113. The smallest absolute Gasteiger partial charge is 0.243 e. The van der Waals surface area contributed by atoms with Crippen LogP contribution >= 0.6 is 11.8 Å². The van der Waals surface area contributed by atoms with Crippen LogP contribution in [0.4, 0.5) is 5.69 Å². The average molecular weight is 486 g/mol. The summed E-state index contributed by atoms with van der Waals surface area (Å²) in [5, 5.41) is 3.81. The van der Waals surface area contributed by atoms with Gasteiger partial charge in [0.05, 0.1) is 29.0 Å². The van der Waals surface area contributed by atoms with Crippen molar-refractivity contribution in [2.24, 2.45) is 0 Å². The highest BCUT2D eigenvalue weighted by Crippen LogP contribution is 2.31. The van der Waals surface area contributed by atoms with Gasteiger partial charge in [0.25, 0.3) is 0 Å². The van der Waals surface area contributed by atoms with Crippen LogP contribution in [0.15, 0.2) is 64.5 Å². The number of pyridine rings is 1. The van der Waals surface area contributed by atoms with Gasteiger partial charge in [0.15, 0.2) is 0 Å². The monoisotopic (exact) mass is 485 g/mol. The summed E-state index contributed by atoms with van der Waals surface area (Å²) < 4.78 is 33.3. The number of benzene rings is 2. The number of methoxy groups -OCH3 is 1. The van der Waals surface area contributed by atoms with Crippen LogP contribution in [0.25, 0.3) is 10.9 Å². The van der Waals surface area contributed by atoms with Gasteiger partial charge in [-0.1, -0.05) is 31.0 Å². The first-order valence-electron chi connectivity index (χ1n) is 10.9. The molecule has 1 amide bonds. The molecular formula is C24H27N3O4S2. The first-order valence-corrected chi connectivity index (χ1v) is 13.4. The van der Waals surface area contributed by atoms with Crippen molar-refractivity contribution in [1.82, 2.24) is 9.29 Å². The standard InChI is InChI=1S/C24H27N3O4S2/c1-31-22-11-10-18(33(29,30)27-14-6-2-3-7-15-27)16-21(22)26-24(28)17-32-23-12-13-25-20-9-5-4-8-19(20)23/h4-5,8-13,16H,2-3,6-7,14-15,17H2,1H3,(H,26,28). The van der Waals surface area contributed by atoms with E-state index in [1.807, 2.05) is 30.3 Å². The van der Waals surface area contributed by atoms with Gasteiger partial charge in [0.2, 0.25) is 15.9 Å². The van der Waals surface area contributed by atoms with Crippen molar-refractivity contribution in [3.63, 3.8) is 0 Å². The largest absolute Gasteiger partial charge is 0.495 e. The highest BCUT2D eigenvalue weighted by molar-refractivity contribution is 8.00. The van der Waals surface area contributed by atoms with E-state index in [2.05, 4.69) is 10.3 Å². The number of fused-ring (bicyclic) bond motifs is 1. The first kappa shape index (κ1) is 23.5. The SMILES string of the molecule is COc1ccc(S(=O)(=O)N2CCCCCC2)cc1NC(=O)CSc1ccnc2ccccc12. The van der Waals surface area contributed by atoms with E-state index in [0.29, 0.717) is 24.5 Å². The van der Waals surface area contributed by atoms with Gasteiger partial charge in [0, 0.05) is 29.6 Å². The molecule has 1 aliphatic heterocycles. The number of carbonyl (C=O) groups excluding carboxylic acids is 1. The normalized spacial score (nSPS) is 15.2. The van der Waals surface area contributed by atoms with E-state index in [4.69, 9.17) is 4.74 Å². The van der Waals surface area contributed by atoms with Crippen LogP contribution in [0.5, 0.6) is 5.75 Å². The number of rotatable bonds is 7. The molecule has 2 heterocycles. The Hall–Kier alpha value is -2.62. The van der Waals surface area contributed by atoms with Gasteiger partial charge in [-0.15, -0.1) is 11.8 Å². The van der Waals surface area contributed by atoms with E-state index in [9.17, 15) is 13.2 Å². The Kier molecular flexibility index (Phi) is 7.52. The summed E-state index contributed by atoms with van der Waals surface area (Å²) in [5.41, 5.74) is 1.22. The van der Waals surface area contributed by atoms with E-state index in [1.165, 1.54) is 35.3 Å². The zero-order valence-electron chi connectivity index (χ0n) is 18.5. The van der Waals surface area contributed by atoms with Crippen LogP contribution in [-0.4, -0.2) is 49.6 Å². The molecular weight excluding hydrogens is 458 g/mol. The number of nitrogens with zero attached hydrogens (tertiary/aromatic N) is 2. The van der Waals surface area contributed by atoms with Gasteiger partial charge in [0.1, 0.15) is 5.75 Å². The van der Waals surface area contributed by atoms with Crippen molar-refractivity contribution in [1.29, 1.82) is 0 Å². The molecule has 4 rings (SSSR count). The molecule has 1 saturated heterocycles. The Labute approximate surface area is 198 Å². The molecule has 174 valence electrons. The molecule has 1 aliphatic rings. The number of hydrogen-bond acceptors (Lipinski definition) is 6. The first-order chi connectivity index (χ1) is 16.0. The van der Waals surface area contributed by atoms with Crippen LogP contribution in [0.2, 0.25) is 0 Å². The van der Waals surface area contributed by atoms with E-state index >= 15 is 0 Å². The Morgan fingerprint density at radius 1 is 1.09 bits per heavy atom. The molecule has 7 nitrogen and oxygen atoms in total. The zero-order chi connectivity index (χ0) is 23.3. The quantitative estimate of drug-likeness (QED) is 0.495. The molecule has 33 heavy (non-hydrogen) atoms. The third-order valence-corrected chi connectivity index (χ3v) is 8.58. The van der Waals surface area contributed by atoms with Crippen molar-refractivity contribution < 1.29 is 17.9 Å². The van der Waals surface area contributed by atoms with Gasteiger partial charge in [-0.25, -0.2) is 8.42 Å². The maximum atomic E-state index is 13.2. The van der Waals surface area contributed by atoms with Gasteiger partial charge in [-0.2, -0.15) is 4.31 Å². The second-order valence-corrected chi connectivity index (χ2v) is 10.8. The molecule has 1 aromatic heterocycles. The molecule has 0 bridgehead atoms. The number of ether oxygens (including phenoxy) is 1. The number of amides is 1. The van der Waals surface area contributed by atoms with Crippen molar-refractivity contribution in [3.05, 3.63) is 54.7 Å². The number of carbonyl (C=O) groups is 1. The molecule has 0 radical (unpaired) electrons.